The minimum atomic E-state index is -0.446. The van der Waals surface area contributed by atoms with Crippen LogP contribution in [0.25, 0.3) is 0 Å². The van der Waals surface area contributed by atoms with Crippen LogP contribution in [0.5, 0.6) is 0 Å². The maximum Gasteiger partial charge on any atom is 0.274 e. The third-order valence-corrected chi connectivity index (χ3v) is 4.93. The van der Waals surface area contributed by atoms with E-state index in [9.17, 15) is 14.9 Å². The molecule has 0 bridgehead atoms. The van der Waals surface area contributed by atoms with Crippen molar-refractivity contribution in [1.82, 2.24) is 0 Å². The molecule has 0 saturated heterocycles. The second kappa shape index (κ2) is 7.03. The molecule has 7 nitrogen and oxygen atoms in total. The second-order valence-electron chi connectivity index (χ2n) is 6.51. The number of hydrogen-bond acceptors (Lipinski definition) is 5. The molecular formula is C19H22N4O3. The molecule has 26 heavy (non-hydrogen) atoms. The summed E-state index contributed by atoms with van der Waals surface area (Å²) in [6.45, 7) is 4.23. The van der Waals surface area contributed by atoms with Crippen LogP contribution in [0.3, 0.4) is 0 Å². The zero-order valence-corrected chi connectivity index (χ0v) is 14.9. The highest BCUT2D eigenvalue weighted by Crippen LogP contribution is 2.33. The summed E-state index contributed by atoms with van der Waals surface area (Å²) in [4.78, 5) is 25.5. The van der Waals surface area contributed by atoms with Gasteiger partial charge in [-0.25, -0.2) is 0 Å². The van der Waals surface area contributed by atoms with Crippen LogP contribution in [0.1, 0.15) is 24.5 Å². The molecule has 0 radical (unpaired) electrons. The highest BCUT2D eigenvalue weighted by Gasteiger charge is 2.27. The smallest absolute Gasteiger partial charge is 0.274 e. The number of amides is 1. The first-order chi connectivity index (χ1) is 12.4. The quantitative estimate of drug-likeness (QED) is 0.498. The Morgan fingerprint density at radius 1 is 1.31 bits per heavy atom. The van der Waals surface area contributed by atoms with E-state index in [1.54, 1.807) is 19.1 Å². The van der Waals surface area contributed by atoms with E-state index >= 15 is 0 Å². The van der Waals surface area contributed by atoms with Crippen molar-refractivity contribution in [2.75, 3.05) is 22.5 Å². The summed E-state index contributed by atoms with van der Waals surface area (Å²) >= 11 is 0. The van der Waals surface area contributed by atoms with Gasteiger partial charge in [0, 0.05) is 24.0 Å². The van der Waals surface area contributed by atoms with Crippen molar-refractivity contribution < 1.29 is 9.72 Å². The molecule has 7 heteroatoms. The molecule has 0 spiro atoms. The molecule has 1 amide bonds. The standard InChI is InChI=1S/C19H22N4O3/c1-12-16(8-4-9-17(12)23(25)26)21-19(24)13(2)22-11-5-6-14-15(20)7-3-10-18(14)22/h3-4,7-10,13H,5-6,11,20H2,1-2H3,(H,21,24). The molecule has 0 aliphatic carbocycles. The van der Waals surface area contributed by atoms with Gasteiger partial charge in [0.1, 0.15) is 6.04 Å². The molecular weight excluding hydrogens is 332 g/mol. The van der Waals surface area contributed by atoms with E-state index in [2.05, 4.69) is 5.32 Å². The van der Waals surface area contributed by atoms with E-state index in [-0.39, 0.29) is 11.6 Å². The SMILES string of the molecule is Cc1c(NC(=O)C(C)N2CCCc3c(N)cccc32)cccc1[N+](=O)[O-]. The Hall–Kier alpha value is -3.09. The third kappa shape index (κ3) is 3.20. The van der Waals surface area contributed by atoms with E-state index in [0.717, 1.165) is 36.3 Å². The number of carbonyl (C=O) groups is 1. The van der Waals surface area contributed by atoms with Gasteiger partial charge >= 0.3 is 0 Å². The lowest BCUT2D eigenvalue weighted by Gasteiger charge is -2.36. The molecule has 1 aliphatic rings. The van der Waals surface area contributed by atoms with Crippen molar-refractivity contribution in [2.45, 2.75) is 32.7 Å². The number of fused-ring (bicyclic) bond motifs is 1. The van der Waals surface area contributed by atoms with Crippen LogP contribution >= 0.6 is 0 Å². The molecule has 1 unspecified atom stereocenters. The summed E-state index contributed by atoms with van der Waals surface area (Å²) in [7, 11) is 0. The minimum absolute atomic E-state index is 0.00783. The summed E-state index contributed by atoms with van der Waals surface area (Å²) in [6.07, 6.45) is 1.82. The Labute approximate surface area is 152 Å². The maximum atomic E-state index is 12.8. The van der Waals surface area contributed by atoms with Gasteiger partial charge in [-0.15, -0.1) is 0 Å². The lowest BCUT2D eigenvalue weighted by Crippen LogP contribution is -2.44. The van der Waals surface area contributed by atoms with Crippen LogP contribution in [0.2, 0.25) is 0 Å². The number of rotatable bonds is 4. The Balaban J connectivity index is 1.83. The Kier molecular flexibility index (Phi) is 4.79. The van der Waals surface area contributed by atoms with Crippen molar-refractivity contribution in [2.24, 2.45) is 0 Å². The lowest BCUT2D eigenvalue weighted by molar-refractivity contribution is -0.385. The van der Waals surface area contributed by atoms with Crippen molar-refractivity contribution in [3.05, 3.63) is 57.6 Å². The number of nitrogens with zero attached hydrogens (tertiary/aromatic N) is 2. The van der Waals surface area contributed by atoms with Crippen LogP contribution in [0.15, 0.2) is 36.4 Å². The van der Waals surface area contributed by atoms with E-state index in [0.29, 0.717) is 11.3 Å². The summed E-state index contributed by atoms with van der Waals surface area (Å²) in [5, 5.41) is 13.9. The number of benzene rings is 2. The first-order valence-electron chi connectivity index (χ1n) is 8.59. The van der Waals surface area contributed by atoms with Crippen molar-refractivity contribution in [3.8, 4) is 0 Å². The molecule has 3 N–H and O–H groups in total. The predicted molar refractivity (Wildman–Crippen MR) is 102 cm³/mol. The fourth-order valence-corrected chi connectivity index (χ4v) is 3.42. The maximum absolute atomic E-state index is 12.8. The summed E-state index contributed by atoms with van der Waals surface area (Å²) in [6, 6.07) is 10.00. The topological polar surface area (TPSA) is 102 Å². The lowest BCUT2D eigenvalue weighted by atomic mass is 9.98. The fourth-order valence-electron chi connectivity index (χ4n) is 3.42. The number of hydrogen-bond donors (Lipinski definition) is 2. The number of anilines is 3. The van der Waals surface area contributed by atoms with Crippen molar-refractivity contribution in [3.63, 3.8) is 0 Å². The molecule has 0 saturated carbocycles. The van der Waals surface area contributed by atoms with Crippen LogP contribution in [0.4, 0.5) is 22.7 Å². The molecule has 1 atom stereocenters. The number of nitrogen functional groups attached to an aromatic ring is 1. The highest BCUT2D eigenvalue weighted by molar-refractivity contribution is 5.98. The molecule has 0 fully saturated rings. The number of nitro groups is 1. The van der Waals surface area contributed by atoms with Gasteiger partial charge in [0.05, 0.1) is 16.2 Å². The van der Waals surface area contributed by atoms with Gasteiger partial charge in [0.2, 0.25) is 5.91 Å². The molecule has 1 heterocycles. The van der Waals surface area contributed by atoms with E-state index < -0.39 is 11.0 Å². The van der Waals surface area contributed by atoms with Gasteiger partial charge in [-0.3, -0.25) is 14.9 Å². The molecule has 0 aromatic heterocycles. The van der Waals surface area contributed by atoms with Crippen LogP contribution in [0, 0.1) is 17.0 Å². The Morgan fingerprint density at radius 2 is 2.04 bits per heavy atom. The monoisotopic (exact) mass is 354 g/mol. The molecule has 1 aliphatic heterocycles. The fraction of sp³-hybridized carbons (Fsp3) is 0.316. The average molecular weight is 354 g/mol. The van der Waals surface area contributed by atoms with Gasteiger partial charge in [0.25, 0.3) is 5.69 Å². The molecule has 2 aromatic rings. The van der Waals surface area contributed by atoms with E-state index in [1.165, 1.54) is 6.07 Å². The average Bonchev–Trinajstić information content (AvgIpc) is 2.62. The third-order valence-electron chi connectivity index (χ3n) is 4.93. The summed E-state index contributed by atoms with van der Waals surface area (Å²) < 4.78 is 0. The number of nitrogens with one attached hydrogen (secondary N) is 1. The van der Waals surface area contributed by atoms with Gasteiger partial charge in [-0.05, 0) is 50.5 Å². The van der Waals surface area contributed by atoms with Gasteiger partial charge in [-0.2, -0.15) is 0 Å². The Bertz CT molecular complexity index is 866. The normalized spacial score (nSPS) is 14.5. The number of nitrogens with two attached hydrogens (primary N) is 1. The molecule has 3 rings (SSSR count). The first kappa shape index (κ1) is 17.7. The van der Waals surface area contributed by atoms with Crippen LogP contribution in [-0.4, -0.2) is 23.4 Å². The summed E-state index contributed by atoms with van der Waals surface area (Å²) in [5.41, 5.74) is 9.77. The highest BCUT2D eigenvalue weighted by atomic mass is 16.6. The summed E-state index contributed by atoms with van der Waals surface area (Å²) in [5.74, 6) is -0.205. The first-order valence-corrected chi connectivity index (χ1v) is 8.59. The zero-order chi connectivity index (χ0) is 18.8. The predicted octanol–water partition coefficient (Wildman–Crippen LogP) is 3.27. The largest absolute Gasteiger partial charge is 0.398 e. The van der Waals surface area contributed by atoms with Crippen LogP contribution < -0.4 is 16.0 Å². The van der Waals surface area contributed by atoms with Gasteiger partial charge in [0.15, 0.2) is 0 Å². The Morgan fingerprint density at radius 3 is 2.77 bits per heavy atom. The van der Waals surface area contributed by atoms with Crippen LogP contribution in [-0.2, 0) is 11.2 Å². The van der Waals surface area contributed by atoms with E-state index in [1.807, 2.05) is 30.0 Å². The van der Waals surface area contributed by atoms with Crippen molar-refractivity contribution in [1.29, 1.82) is 0 Å². The minimum Gasteiger partial charge on any atom is -0.398 e. The van der Waals surface area contributed by atoms with Gasteiger partial charge < -0.3 is 16.0 Å². The number of nitro benzene ring substituents is 1. The van der Waals surface area contributed by atoms with Gasteiger partial charge in [-0.1, -0.05) is 12.1 Å². The zero-order valence-electron chi connectivity index (χ0n) is 14.9. The number of carbonyl (C=O) groups excluding carboxylic acids is 1. The molecule has 2 aromatic carbocycles. The molecule has 136 valence electrons. The second-order valence-corrected chi connectivity index (χ2v) is 6.51. The van der Waals surface area contributed by atoms with E-state index in [4.69, 9.17) is 5.73 Å². The van der Waals surface area contributed by atoms with Crippen molar-refractivity contribution >= 4 is 28.7 Å².